The van der Waals surface area contributed by atoms with E-state index < -0.39 is 22.8 Å². The van der Waals surface area contributed by atoms with Crippen LogP contribution >= 0.6 is 0 Å². The Balaban J connectivity index is 1.60. The predicted molar refractivity (Wildman–Crippen MR) is 117 cm³/mol. The number of H-pyrrole nitrogens is 1. The maximum absolute atomic E-state index is 12.4. The second-order valence-electron chi connectivity index (χ2n) is 8.42. The molecule has 0 bridgehead atoms. The number of aromatic amines is 1. The highest BCUT2D eigenvalue weighted by Crippen LogP contribution is 2.40. The van der Waals surface area contributed by atoms with Gasteiger partial charge in [0, 0.05) is 68.5 Å². The SMILES string of the molecule is COC1CCN(Cc2cc3cc4c(cc3n2C)OCCc2c-4[nH]c(=O)c(C(=O)O)c2O)C1. The molecule has 1 unspecified atom stereocenters. The predicted octanol–water partition coefficient (Wildman–Crippen LogP) is 2.09. The fraction of sp³-hybridized carbons (Fsp3) is 0.391. The lowest BCUT2D eigenvalue weighted by atomic mass is 9.99. The number of carboxylic acid groups (broad SMARTS) is 1. The first-order valence-electron chi connectivity index (χ1n) is 10.6. The molecule has 2 aliphatic heterocycles. The third kappa shape index (κ3) is 3.25. The zero-order valence-electron chi connectivity index (χ0n) is 18.0. The molecule has 0 radical (unpaired) electrons. The molecule has 1 atom stereocenters. The number of aromatic carboxylic acids is 1. The number of nitrogens with zero attached hydrogens (tertiary/aromatic N) is 2. The largest absolute Gasteiger partial charge is 0.506 e. The number of benzene rings is 1. The van der Waals surface area contributed by atoms with Gasteiger partial charge in [-0.2, -0.15) is 0 Å². The minimum absolute atomic E-state index is 0.258. The zero-order valence-corrected chi connectivity index (χ0v) is 18.0. The van der Waals surface area contributed by atoms with Crippen LogP contribution in [0.3, 0.4) is 0 Å². The van der Waals surface area contributed by atoms with Crippen molar-refractivity contribution in [3.05, 3.63) is 45.4 Å². The summed E-state index contributed by atoms with van der Waals surface area (Å²) in [5, 5.41) is 20.8. The van der Waals surface area contributed by atoms with Crippen molar-refractivity contribution in [1.29, 1.82) is 0 Å². The van der Waals surface area contributed by atoms with Crippen molar-refractivity contribution in [2.75, 3.05) is 26.8 Å². The molecule has 0 amide bonds. The summed E-state index contributed by atoms with van der Waals surface area (Å²) in [7, 11) is 3.77. The van der Waals surface area contributed by atoms with E-state index in [9.17, 15) is 19.8 Å². The smallest absolute Gasteiger partial charge is 0.345 e. The molecule has 0 spiro atoms. The molecule has 0 aliphatic carbocycles. The second-order valence-corrected chi connectivity index (χ2v) is 8.42. The van der Waals surface area contributed by atoms with Crippen molar-refractivity contribution >= 4 is 16.9 Å². The van der Waals surface area contributed by atoms with Gasteiger partial charge in [0.05, 0.1) is 23.9 Å². The highest BCUT2D eigenvalue weighted by Gasteiger charge is 2.27. The van der Waals surface area contributed by atoms with Gasteiger partial charge in [0.25, 0.3) is 5.56 Å². The Labute approximate surface area is 183 Å². The number of rotatable bonds is 4. The van der Waals surface area contributed by atoms with Gasteiger partial charge in [-0.15, -0.1) is 0 Å². The van der Waals surface area contributed by atoms with Crippen molar-refractivity contribution < 1.29 is 24.5 Å². The standard InChI is InChI=1S/C23H25N3O6/c1-25-13(10-26-5-3-14(11-26)31-2)7-12-8-16-18(9-17(12)25)32-6-4-15-20(16)24-22(28)19(21(15)27)23(29)30/h7-9,14H,3-6,10-11H2,1-2H3,(H,29,30)(H2,24,27,28). The van der Waals surface area contributed by atoms with Crippen LogP contribution in [0.4, 0.5) is 0 Å². The first-order valence-corrected chi connectivity index (χ1v) is 10.6. The molecule has 0 saturated carbocycles. The lowest BCUT2D eigenvalue weighted by molar-refractivity contribution is 0.0691. The van der Waals surface area contributed by atoms with Gasteiger partial charge in [-0.25, -0.2) is 4.79 Å². The molecule has 2 aromatic heterocycles. The number of aromatic hydroxyl groups is 1. The number of hydrogen-bond donors (Lipinski definition) is 3. The Morgan fingerprint density at radius 2 is 2.16 bits per heavy atom. The van der Waals surface area contributed by atoms with Gasteiger partial charge >= 0.3 is 5.97 Å². The summed E-state index contributed by atoms with van der Waals surface area (Å²) in [6.07, 6.45) is 1.57. The quantitative estimate of drug-likeness (QED) is 0.570. The van der Waals surface area contributed by atoms with Crippen LogP contribution in [0.5, 0.6) is 11.5 Å². The van der Waals surface area contributed by atoms with Gasteiger partial charge in [-0.05, 0) is 18.6 Å². The number of nitrogens with one attached hydrogen (secondary N) is 1. The van der Waals surface area contributed by atoms with Crippen LogP contribution in [0, 0.1) is 0 Å². The van der Waals surface area contributed by atoms with Crippen LogP contribution in [0.1, 0.15) is 28.0 Å². The molecule has 3 N–H and O–H groups in total. The average Bonchev–Trinajstić information content (AvgIpc) is 3.27. The van der Waals surface area contributed by atoms with Crippen LogP contribution in [-0.2, 0) is 24.8 Å². The van der Waals surface area contributed by atoms with E-state index in [4.69, 9.17) is 9.47 Å². The number of likely N-dealkylation sites (tertiary alicyclic amines) is 1. The summed E-state index contributed by atoms with van der Waals surface area (Å²) in [6.45, 7) is 2.94. The number of carboxylic acids is 1. The molecule has 5 rings (SSSR count). The Bertz CT molecular complexity index is 1290. The highest BCUT2D eigenvalue weighted by molar-refractivity contribution is 5.94. The highest BCUT2D eigenvalue weighted by atomic mass is 16.5. The summed E-state index contributed by atoms with van der Waals surface area (Å²) in [5.41, 5.74) is 2.08. The topological polar surface area (TPSA) is 117 Å². The molecule has 4 heterocycles. The first-order chi connectivity index (χ1) is 15.4. The van der Waals surface area contributed by atoms with Crippen LogP contribution < -0.4 is 10.3 Å². The molecule has 2 aliphatic rings. The zero-order chi connectivity index (χ0) is 22.6. The van der Waals surface area contributed by atoms with E-state index >= 15 is 0 Å². The van der Waals surface area contributed by atoms with E-state index in [0.29, 0.717) is 22.6 Å². The number of carbonyl (C=O) groups is 1. The molecular weight excluding hydrogens is 414 g/mol. The molecule has 3 aromatic rings. The van der Waals surface area contributed by atoms with Crippen LogP contribution in [0.15, 0.2) is 23.0 Å². The minimum atomic E-state index is -1.46. The maximum atomic E-state index is 12.4. The average molecular weight is 439 g/mol. The van der Waals surface area contributed by atoms with Crippen LogP contribution in [-0.4, -0.2) is 63.5 Å². The van der Waals surface area contributed by atoms with E-state index in [0.717, 1.165) is 42.7 Å². The van der Waals surface area contributed by atoms with E-state index in [2.05, 4.69) is 20.5 Å². The number of hydrogen-bond acceptors (Lipinski definition) is 6. The third-order valence-electron chi connectivity index (χ3n) is 6.57. The van der Waals surface area contributed by atoms with E-state index in [-0.39, 0.29) is 19.1 Å². The van der Waals surface area contributed by atoms with Crippen molar-refractivity contribution in [1.82, 2.24) is 14.5 Å². The van der Waals surface area contributed by atoms with Gasteiger partial charge in [0.15, 0.2) is 5.56 Å². The van der Waals surface area contributed by atoms with Crippen molar-refractivity contribution in [2.24, 2.45) is 7.05 Å². The van der Waals surface area contributed by atoms with E-state index in [1.807, 2.05) is 19.2 Å². The molecule has 168 valence electrons. The molecule has 1 aromatic carbocycles. The van der Waals surface area contributed by atoms with Gasteiger partial charge in [0.1, 0.15) is 11.5 Å². The van der Waals surface area contributed by atoms with Gasteiger partial charge in [-0.1, -0.05) is 0 Å². The molecule has 9 heteroatoms. The Hall–Kier alpha value is -3.30. The number of pyridine rings is 1. The second kappa shape index (κ2) is 7.68. The first kappa shape index (κ1) is 20.6. The summed E-state index contributed by atoms with van der Waals surface area (Å²) < 4.78 is 13.5. The lowest BCUT2D eigenvalue weighted by Gasteiger charge is -2.16. The number of aromatic nitrogens is 2. The van der Waals surface area contributed by atoms with Crippen LogP contribution in [0.25, 0.3) is 22.2 Å². The Morgan fingerprint density at radius 1 is 1.34 bits per heavy atom. The summed E-state index contributed by atoms with van der Waals surface area (Å²) in [6, 6.07) is 5.98. The fourth-order valence-corrected chi connectivity index (χ4v) is 4.81. The lowest BCUT2D eigenvalue weighted by Crippen LogP contribution is -2.23. The van der Waals surface area contributed by atoms with E-state index in [1.165, 1.54) is 0 Å². The van der Waals surface area contributed by atoms with Gasteiger partial charge in [-0.3, -0.25) is 9.69 Å². The third-order valence-corrected chi connectivity index (χ3v) is 6.57. The van der Waals surface area contributed by atoms with Crippen molar-refractivity contribution in [3.63, 3.8) is 0 Å². The van der Waals surface area contributed by atoms with Crippen LogP contribution in [0.2, 0.25) is 0 Å². The summed E-state index contributed by atoms with van der Waals surface area (Å²) >= 11 is 0. The summed E-state index contributed by atoms with van der Waals surface area (Å²) in [5.74, 6) is -1.37. The molecule has 1 fully saturated rings. The molecule has 9 nitrogen and oxygen atoms in total. The van der Waals surface area contributed by atoms with E-state index in [1.54, 1.807) is 7.11 Å². The minimum Gasteiger partial charge on any atom is -0.506 e. The molecular formula is C23H25N3O6. The monoisotopic (exact) mass is 439 g/mol. The van der Waals surface area contributed by atoms with Crippen molar-refractivity contribution in [3.8, 4) is 22.8 Å². The Kier molecular flexibility index (Phi) is 4.94. The number of fused-ring (bicyclic) bond motifs is 4. The summed E-state index contributed by atoms with van der Waals surface area (Å²) in [4.78, 5) is 28.8. The number of aryl methyl sites for hydroxylation is 1. The van der Waals surface area contributed by atoms with Gasteiger partial charge < -0.3 is 29.2 Å². The number of ether oxygens (including phenoxy) is 2. The van der Waals surface area contributed by atoms with Gasteiger partial charge in [0.2, 0.25) is 0 Å². The molecule has 1 saturated heterocycles. The Morgan fingerprint density at radius 3 is 2.88 bits per heavy atom. The number of methoxy groups -OCH3 is 1. The fourth-order valence-electron chi connectivity index (χ4n) is 4.81. The molecule has 32 heavy (non-hydrogen) atoms. The normalized spacial score (nSPS) is 18.2. The van der Waals surface area contributed by atoms with Crippen molar-refractivity contribution in [2.45, 2.75) is 25.5 Å². The maximum Gasteiger partial charge on any atom is 0.345 e.